The number of hydrogen-bond donors (Lipinski definition) is 1. The fourth-order valence-corrected chi connectivity index (χ4v) is 0.948. The summed E-state index contributed by atoms with van der Waals surface area (Å²) in [5.74, 6) is 0.270. The molecule has 0 aliphatic carbocycles. The second-order valence-electron chi connectivity index (χ2n) is 2.47. The maximum atomic E-state index is 9.02. The monoisotopic (exact) mass is 161 g/mol. The highest BCUT2D eigenvalue weighted by Crippen LogP contribution is 2.10. The molecule has 12 heavy (non-hydrogen) atoms. The first kappa shape index (κ1) is 8.53. The lowest BCUT2D eigenvalue weighted by Gasteiger charge is -1.98. The van der Waals surface area contributed by atoms with E-state index in [0.29, 0.717) is 0 Å². The molecular formula is C10H11NO. The second-order valence-corrected chi connectivity index (χ2v) is 2.47. The zero-order valence-electron chi connectivity index (χ0n) is 6.99. The Hall–Kier alpha value is -1.57. The molecule has 1 aromatic rings. The Labute approximate surface area is 71.9 Å². The quantitative estimate of drug-likeness (QED) is 0.676. The standard InChI is InChI=1S/C10H11NO/c1-3-10-9(7-8(2)12)5-4-6-11-10/h3-7,12H,1H2,2H3/b8-7+. The van der Waals surface area contributed by atoms with Crippen molar-refractivity contribution >= 4 is 12.2 Å². The molecule has 0 unspecified atom stereocenters. The van der Waals surface area contributed by atoms with Crippen LogP contribution in [0.25, 0.3) is 12.2 Å². The highest BCUT2D eigenvalue weighted by molar-refractivity contribution is 5.61. The summed E-state index contributed by atoms with van der Waals surface area (Å²) in [5.41, 5.74) is 1.67. The molecule has 0 atom stereocenters. The third-order valence-electron chi connectivity index (χ3n) is 1.43. The number of aliphatic hydroxyl groups excluding tert-OH is 1. The highest BCUT2D eigenvalue weighted by Gasteiger charge is 1.95. The normalized spacial score (nSPS) is 11.2. The van der Waals surface area contributed by atoms with E-state index in [4.69, 9.17) is 5.11 Å². The van der Waals surface area contributed by atoms with Crippen molar-refractivity contribution in [3.8, 4) is 0 Å². The Morgan fingerprint density at radius 1 is 1.67 bits per heavy atom. The van der Waals surface area contributed by atoms with Gasteiger partial charge in [0.1, 0.15) is 0 Å². The Bertz CT molecular complexity index is 311. The van der Waals surface area contributed by atoms with E-state index in [1.54, 1.807) is 25.3 Å². The number of nitrogens with zero attached hydrogens (tertiary/aromatic N) is 1. The molecule has 1 aromatic heterocycles. The Morgan fingerprint density at radius 3 is 3.00 bits per heavy atom. The van der Waals surface area contributed by atoms with E-state index in [1.807, 2.05) is 12.1 Å². The van der Waals surface area contributed by atoms with E-state index in [0.717, 1.165) is 11.3 Å². The molecule has 0 saturated carbocycles. The average Bonchev–Trinajstić information content (AvgIpc) is 2.04. The zero-order chi connectivity index (χ0) is 8.97. The second kappa shape index (κ2) is 3.72. The first-order valence-electron chi connectivity index (χ1n) is 3.69. The molecule has 2 heteroatoms. The van der Waals surface area contributed by atoms with E-state index < -0.39 is 0 Å². The van der Waals surface area contributed by atoms with E-state index in [2.05, 4.69) is 11.6 Å². The molecule has 1 N–H and O–H groups in total. The van der Waals surface area contributed by atoms with Gasteiger partial charge in [0.15, 0.2) is 0 Å². The predicted molar refractivity (Wildman–Crippen MR) is 50.6 cm³/mol. The van der Waals surface area contributed by atoms with Crippen LogP contribution >= 0.6 is 0 Å². The summed E-state index contributed by atoms with van der Waals surface area (Å²) in [5, 5.41) is 9.02. The van der Waals surface area contributed by atoms with Crippen LogP contribution in [0.15, 0.2) is 30.7 Å². The van der Waals surface area contributed by atoms with Crippen LogP contribution in [-0.4, -0.2) is 10.1 Å². The van der Waals surface area contributed by atoms with Gasteiger partial charge >= 0.3 is 0 Å². The van der Waals surface area contributed by atoms with Crippen molar-refractivity contribution in [2.45, 2.75) is 6.92 Å². The minimum Gasteiger partial charge on any atom is -0.513 e. The van der Waals surface area contributed by atoms with E-state index >= 15 is 0 Å². The minimum absolute atomic E-state index is 0.270. The van der Waals surface area contributed by atoms with Gasteiger partial charge in [-0.3, -0.25) is 4.98 Å². The molecular weight excluding hydrogens is 150 g/mol. The van der Waals surface area contributed by atoms with E-state index in [1.165, 1.54) is 0 Å². The summed E-state index contributed by atoms with van der Waals surface area (Å²) in [4.78, 5) is 4.08. The molecule has 0 aliphatic heterocycles. The number of allylic oxidation sites excluding steroid dienone is 1. The number of rotatable bonds is 2. The topological polar surface area (TPSA) is 33.1 Å². The third-order valence-corrected chi connectivity index (χ3v) is 1.43. The molecule has 0 aromatic carbocycles. The fraction of sp³-hybridized carbons (Fsp3) is 0.100. The summed E-state index contributed by atoms with van der Waals surface area (Å²) in [6, 6.07) is 3.70. The van der Waals surface area contributed by atoms with Crippen molar-refractivity contribution in [1.29, 1.82) is 0 Å². The van der Waals surface area contributed by atoms with Gasteiger partial charge in [0.05, 0.1) is 11.5 Å². The third kappa shape index (κ3) is 1.95. The Morgan fingerprint density at radius 2 is 2.42 bits per heavy atom. The SMILES string of the molecule is C=Cc1ncccc1/C=C(\C)O. The van der Waals surface area contributed by atoms with E-state index in [-0.39, 0.29) is 5.76 Å². The molecule has 0 fully saturated rings. The van der Waals surface area contributed by atoms with Crippen LogP contribution in [0.5, 0.6) is 0 Å². The lowest BCUT2D eigenvalue weighted by atomic mass is 10.2. The van der Waals surface area contributed by atoms with Gasteiger partial charge in [0.25, 0.3) is 0 Å². The first-order chi connectivity index (χ1) is 5.74. The van der Waals surface area contributed by atoms with Crippen molar-refractivity contribution < 1.29 is 5.11 Å². The van der Waals surface area contributed by atoms with Gasteiger partial charge in [0, 0.05) is 11.8 Å². The summed E-state index contributed by atoms with van der Waals surface area (Å²) >= 11 is 0. The molecule has 0 spiro atoms. The lowest BCUT2D eigenvalue weighted by Crippen LogP contribution is -1.85. The highest BCUT2D eigenvalue weighted by atomic mass is 16.3. The molecule has 0 radical (unpaired) electrons. The molecule has 0 saturated heterocycles. The summed E-state index contributed by atoms with van der Waals surface area (Å²) < 4.78 is 0. The largest absolute Gasteiger partial charge is 0.513 e. The van der Waals surface area contributed by atoms with Crippen LogP contribution in [-0.2, 0) is 0 Å². The van der Waals surface area contributed by atoms with Gasteiger partial charge in [0.2, 0.25) is 0 Å². The van der Waals surface area contributed by atoms with Crippen LogP contribution < -0.4 is 0 Å². The van der Waals surface area contributed by atoms with E-state index in [9.17, 15) is 0 Å². The van der Waals surface area contributed by atoms with Gasteiger partial charge in [-0.2, -0.15) is 0 Å². The van der Waals surface area contributed by atoms with Crippen molar-refractivity contribution in [3.05, 3.63) is 41.9 Å². The molecule has 0 aliphatic rings. The van der Waals surface area contributed by atoms with Crippen LogP contribution in [0.3, 0.4) is 0 Å². The summed E-state index contributed by atoms with van der Waals surface area (Å²) in [6.45, 7) is 5.25. The first-order valence-corrected chi connectivity index (χ1v) is 3.69. The van der Waals surface area contributed by atoms with Gasteiger partial charge in [-0.25, -0.2) is 0 Å². The predicted octanol–water partition coefficient (Wildman–Crippen LogP) is 2.64. The number of hydrogen-bond acceptors (Lipinski definition) is 2. The van der Waals surface area contributed by atoms with Crippen LogP contribution in [0, 0.1) is 0 Å². The maximum Gasteiger partial charge on any atom is 0.0898 e. The van der Waals surface area contributed by atoms with Crippen LogP contribution in [0.2, 0.25) is 0 Å². The maximum absolute atomic E-state index is 9.02. The van der Waals surface area contributed by atoms with Crippen molar-refractivity contribution in [1.82, 2.24) is 4.98 Å². The molecule has 1 rings (SSSR count). The van der Waals surface area contributed by atoms with Gasteiger partial charge in [-0.1, -0.05) is 12.6 Å². The van der Waals surface area contributed by atoms with Crippen LogP contribution in [0.4, 0.5) is 0 Å². The number of aromatic nitrogens is 1. The van der Waals surface area contributed by atoms with Gasteiger partial charge in [-0.15, -0.1) is 0 Å². The Balaban J connectivity index is 3.14. The molecule has 0 bridgehead atoms. The van der Waals surface area contributed by atoms with Gasteiger partial charge in [-0.05, 0) is 25.1 Å². The summed E-state index contributed by atoms with van der Waals surface area (Å²) in [6.07, 6.45) is 5.01. The Kier molecular flexibility index (Phi) is 2.64. The van der Waals surface area contributed by atoms with Crippen molar-refractivity contribution in [2.24, 2.45) is 0 Å². The minimum atomic E-state index is 0.270. The van der Waals surface area contributed by atoms with Crippen molar-refractivity contribution in [3.63, 3.8) is 0 Å². The van der Waals surface area contributed by atoms with Crippen molar-refractivity contribution in [2.75, 3.05) is 0 Å². The number of pyridine rings is 1. The fourth-order valence-electron chi connectivity index (χ4n) is 0.948. The van der Waals surface area contributed by atoms with Gasteiger partial charge < -0.3 is 5.11 Å². The molecule has 62 valence electrons. The molecule has 2 nitrogen and oxygen atoms in total. The number of aliphatic hydroxyl groups is 1. The van der Waals surface area contributed by atoms with Crippen LogP contribution in [0.1, 0.15) is 18.2 Å². The zero-order valence-corrected chi connectivity index (χ0v) is 6.99. The summed E-state index contributed by atoms with van der Waals surface area (Å²) in [7, 11) is 0. The average molecular weight is 161 g/mol. The lowest BCUT2D eigenvalue weighted by molar-refractivity contribution is 0.420. The molecule has 1 heterocycles. The molecule has 0 amide bonds. The smallest absolute Gasteiger partial charge is 0.0898 e.